The van der Waals surface area contributed by atoms with Crippen molar-refractivity contribution in [3.05, 3.63) is 47.5 Å². The van der Waals surface area contributed by atoms with Crippen molar-refractivity contribution in [2.45, 2.75) is 6.18 Å². The maximum atomic E-state index is 12.8. The zero-order valence-electron chi connectivity index (χ0n) is 13.7. The summed E-state index contributed by atoms with van der Waals surface area (Å²) in [5.74, 6) is 0.201. The van der Waals surface area contributed by atoms with Crippen LogP contribution in [0.1, 0.15) is 15.9 Å². The van der Waals surface area contributed by atoms with Crippen molar-refractivity contribution in [2.24, 2.45) is 0 Å². The van der Waals surface area contributed by atoms with Crippen LogP contribution in [0.15, 0.2) is 36.4 Å². The number of nitrogens with one attached hydrogen (secondary N) is 1. The zero-order valence-corrected chi connectivity index (χ0v) is 13.7. The van der Waals surface area contributed by atoms with Crippen LogP contribution < -0.4 is 19.5 Å². The van der Waals surface area contributed by atoms with Crippen LogP contribution in [-0.4, -0.2) is 27.2 Å². The molecule has 0 radical (unpaired) electrons. The van der Waals surface area contributed by atoms with Gasteiger partial charge < -0.3 is 19.5 Å². The number of carbonyl (C=O) groups excluding carboxylic acids is 1. The van der Waals surface area contributed by atoms with E-state index >= 15 is 0 Å². The Morgan fingerprint density at radius 2 is 1.52 bits per heavy atom. The summed E-state index contributed by atoms with van der Waals surface area (Å²) in [6, 6.07) is 7.20. The minimum absolute atomic E-state index is 0.0108. The van der Waals surface area contributed by atoms with E-state index in [-0.39, 0.29) is 22.7 Å². The van der Waals surface area contributed by atoms with Crippen LogP contribution in [0, 0.1) is 0 Å². The predicted octanol–water partition coefficient (Wildman–Crippen LogP) is 3.98. The number of hydrogen-bond donors (Lipinski definition) is 1. The molecule has 25 heavy (non-hydrogen) atoms. The summed E-state index contributed by atoms with van der Waals surface area (Å²) in [6.07, 6.45) is -4.50. The van der Waals surface area contributed by atoms with Crippen LogP contribution in [0.25, 0.3) is 0 Å². The first kappa shape index (κ1) is 18.4. The van der Waals surface area contributed by atoms with Crippen molar-refractivity contribution in [3.63, 3.8) is 0 Å². The van der Waals surface area contributed by atoms with Crippen molar-refractivity contribution < 1.29 is 32.2 Å². The molecule has 0 spiro atoms. The van der Waals surface area contributed by atoms with Crippen molar-refractivity contribution >= 4 is 11.6 Å². The number of alkyl halides is 3. The second-order valence-corrected chi connectivity index (χ2v) is 4.94. The summed E-state index contributed by atoms with van der Waals surface area (Å²) in [4.78, 5) is 12.5. The van der Waals surface area contributed by atoms with E-state index in [0.717, 1.165) is 12.1 Å². The topological polar surface area (TPSA) is 56.8 Å². The van der Waals surface area contributed by atoms with Gasteiger partial charge in [-0.05, 0) is 18.2 Å². The van der Waals surface area contributed by atoms with Gasteiger partial charge in [0.1, 0.15) is 5.75 Å². The van der Waals surface area contributed by atoms with Gasteiger partial charge in [-0.1, -0.05) is 6.07 Å². The average Bonchev–Trinajstić information content (AvgIpc) is 2.59. The van der Waals surface area contributed by atoms with E-state index in [1.807, 2.05) is 0 Å². The smallest absolute Gasteiger partial charge is 0.416 e. The Bertz CT molecular complexity index is 775. The Balaban J connectivity index is 2.35. The molecule has 0 saturated heterocycles. The molecule has 0 saturated carbocycles. The van der Waals surface area contributed by atoms with Gasteiger partial charge in [-0.25, -0.2) is 0 Å². The molecule has 5 nitrogen and oxygen atoms in total. The van der Waals surface area contributed by atoms with Crippen molar-refractivity contribution in [2.75, 3.05) is 26.6 Å². The quantitative estimate of drug-likeness (QED) is 0.881. The lowest BCUT2D eigenvalue weighted by molar-refractivity contribution is -0.137. The number of methoxy groups -OCH3 is 3. The van der Waals surface area contributed by atoms with E-state index in [0.29, 0.717) is 5.75 Å². The van der Waals surface area contributed by atoms with E-state index in [1.54, 1.807) is 0 Å². The van der Waals surface area contributed by atoms with Crippen LogP contribution in [0.3, 0.4) is 0 Å². The predicted molar refractivity (Wildman–Crippen MR) is 85.5 cm³/mol. The summed E-state index contributed by atoms with van der Waals surface area (Å²) in [5.41, 5.74) is -0.751. The van der Waals surface area contributed by atoms with Crippen molar-refractivity contribution in [1.82, 2.24) is 0 Å². The van der Waals surface area contributed by atoms with Gasteiger partial charge in [0.2, 0.25) is 0 Å². The SMILES string of the molecule is COc1cc(OC)c(C(=O)Nc2cccc(C(F)(F)F)c2)cc1OC. The zero-order chi connectivity index (χ0) is 18.6. The molecule has 2 rings (SSSR count). The number of anilines is 1. The first-order chi connectivity index (χ1) is 11.8. The molecule has 8 heteroatoms. The minimum Gasteiger partial charge on any atom is -0.496 e. The molecule has 2 aromatic rings. The normalized spacial score (nSPS) is 11.0. The lowest BCUT2D eigenvalue weighted by Crippen LogP contribution is -2.14. The summed E-state index contributed by atoms with van der Waals surface area (Å²) in [6.45, 7) is 0. The highest BCUT2D eigenvalue weighted by Crippen LogP contribution is 2.35. The van der Waals surface area contributed by atoms with Crippen molar-refractivity contribution in [3.8, 4) is 17.2 Å². The van der Waals surface area contributed by atoms with E-state index in [9.17, 15) is 18.0 Å². The largest absolute Gasteiger partial charge is 0.496 e. The monoisotopic (exact) mass is 355 g/mol. The van der Waals surface area contributed by atoms with Gasteiger partial charge >= 0.3 is 6.18 Å². The number of halogens is 3. The number of benzene rings is 2. The molecule has 2 aromatic carbocycles. The molecule has 0 atom stereocenters. The highest BCUT2D eigenvalue weighted by Gasteiger charge is 2.30. The fourth-order valence-corrected chi connectivity index (χ4v) is 2.18. The van der Waals surface area contributed by atoms with Gasteiger partial charge in [-0.2, -0.15) is 13.2 Å². The molecule has 134 valence electrons. The molecule has 0 bridgehead atoms. The van der Waals surface area contributed by atoms with E-state index in [1.165, 1.54) is 45.6 Å². The molecule has 1 N–H and O–H groups in total. The maximum Gasteiger partial charge on any atom is 0.416 e. The first-order valence-corrected chi connectivity index (χ1v) is 7.08. The van der Waals surface area contributed by atoms with E-state index < -0.39 is 17.6 Å². The summed E-state index contributed by atoms with van der Waals surface area (Å²) in [5, 5.41) is 2.42. The second-order valence-electron chi connectivity index (χ2n) is 4.94. The minimum atomic E-state index is -4.50. The van der Waals surface area contributed by atoms with Crippen LogP contribution >= 0.6 is 0 Å². The second kappa shape index (κ2) is 7.33. The van der Waals surface area contributed by atoms with Crippen LogP contribution in [0.5, 0.6) is 17.2 Å². The number of hydrogen-bond acceptors (Lipinski definition) is 4. The average molecular weight is 355 g/mol. The third-order valence-electron chi connectivity index (χ3n) is 3.40. The molecular formula is C17H16F3NO4. The molecule has 0 heterocycles. The molecule has 0 aliphatic carbocycles. The number of ether oxygens (including phenoxy) is 3. The Morgan fingerprint density at radius 3 is 2.08 bits per heavy atom. The number of rotatable bonds is 5. The van der Waals surface area contributed by atoms with Gasteiger partial charge in [-0.15, -0.1) is 0 Å². The van der Waals surface area contributed by atoms with Crippen LogP contribution in [-0.2, 0) is 6.18 Å². The number of amides is 1. The fraction of sp³-hybridized carbons (Fsp3) is 0.235. The molecular weight excluding hydrogens is 339 g/mol. The standard InChI is InChI=1S/C17H16F3NO4/c1-23-13-9-15(25-3)14(24-2)8-12(13)16(22)21-11-6-4-5-10(7-11)17(18,19)20/h4-9H,1-3H3,(H,21,22). The highest BCUT2D eigenvalue weighted by molar-refractivity contribution is 6.06. The molecule has 0 aromatic heterocycles. The Hall–Kier alpha value is -2.90. The Morgan fingerprint density at radius 1 is 0.920 bits per heavy atom. The summed E-state index contributed by atoms with van der Waals surface area (Å²) in [7, 11) is 4.20. The van der Waals surface area contributed by atoms with E-state index in [2.05, 4.69) is 5.32 Å². The highest BCUT2D eigenvalue weighted by atomic mass is 19.4. The third kappa shape index (κ3) is 4.14. The lowest BCUT2D eigenvalue weighted by atomic mass is 10.1. The Labute approximate surface area is 142 Å². The third-order valence-corrected chi connectivity index (χ3v) is 3.40. The molecule has 0 fully saturated rings. The first-order valence-electron chi connectivity index (χ1n) is 7.08. The van der Waals surface area contributed by atoms with Gasteiger partial charge in [0.05, 0.1) is 32.5 Å². The lowest BCUT2D eigenvalue weighted by Gasteiger charge is -2.14. The molecule has 1 amide bonds. The summed E-state index contributed by atoms with van der Waals surface area (Å²) >= 11 is 0. The molecule has 0 unspecified atom stereocenters. The van der Waals surface area contributed by atoms with Crippen LogP contribution in [0.4, 0.5) is 18.9 Å². The van der Waals surface area contributed by atoms with Crippen molar-refractivity contribution in [1.29, 1.82) is 0 Å². The number of carbonyl (C=O) groups is 1. The van der Waals surface area contributed by atoms with Gasteiger partial charge in [0, 0.05) is 17.8 Å². The Kier molecular flexibility index (Phi) is 5.41. The summed E-state index contributed by atoms with van der Waals surface area (Å²) < 4.78 is 53.7. The van der Waals surface area contributed by atoms with Gasteiger partial charge in [0.15, 0.2) is 11.5 Å². The fourth-order valence-electron chi connectivity index (χ4n) is 2.18. The van der Waals surface area contributed by atoms with Crippen LogP contribution in [0.2, 0.25) is 0 Å². The molecule has 0 aliphatic rings. The van der Waals surface area contributed by atoms with Gasteiger partial charge in [-0.3, -0.25) is 4.79 Å². The molecule has 0 aliphatic heterocycles. The van der Waals surface area contributed by atoms with Gasteiger partial charge in [0.25, 0.3) is 5.91 Å². The maximum absolute atomic E-state index is 12.8. The van der Waals surface area contributed by atoms with E-state index in [4.69, 9.17) is 14.2 Å².